The largest absolute Gasteiger partial charge is 0.481 e. The molecule has 1 saturated heterocycles. The van der Waals surface area contributed by atoms with E-state index < -0.39 is 35.4 Å². The van der Waals surface area contributed by atoms with Gasteiger partial charge in [0.25, 0.3) is 5.91 Å². The van der Waals surface area contributed by atoms with Gasteiger partial charge in [-0.05, 0) is 24.6 Å². The van der Waals surface area contributed by atoms with E-state index in [-0.39, 0.29) is 25.1 Å². The van der Waals surface area contributed by atoms with Crippen molar-refractivity contribution in [1.82, 2.24) is 4.90 Å². The highest BCUT2D eigenvalue weighted by atomic mass is 19.4. The number of aliphatic carboxylic acids is 1. The zero-order valence-corrected chi connectivity index (χ0v) is 10.7. The summed E-state index contributed by atoms with van der Waals surface area (Å²) in [7, 11) is 0. The summed E-state index contributed by atoms with van der Waals surface area (Å²) in [4.78, 5) is 24.0. The van der Waals surface area contributed by atoms with Crippen LogP contribution < -0.4 is 0 Å². The molecule has 4 nitrogen and oxygen atoms in total. The fraction of sp³-hybridized carbons (Fsp3) is 0.385. The zero-order valence-electron chi connectivity index (χ0n) is 10.7. The van der Waals surface area contributed by atoms with Crippen molar-refractivity contribution in [2.75, 3.05) is 13.1 Å². The van der Waals surface area contributed by atoms with Crippen LogP contribution in [0.3, 0.4) is 0 Å². The van der Waals surface area contributed by atoms with Crippen LogP contribution in [0.2, 0.25) is 0 Å². The second kappa shape index (κ2) is 5.34. The smallest absolute Gasteiger partial charge is 0.419 e. The minimum atomic E-state index is -4.89. The maximum absolute atomic E-state index is 13.2. The molecule has 0 aromatic heterocycles. The summed E-state index contributed by atoms with van der Waals surface area (Å²) in [5, 5.41) is 8.83. The van der Waals surface area contributed by atoms with Crippen LogP contribution in [0.5, 0.6) is 0 Å². The summed E-state index contributed by atoms with van der Waals surface area (Å²) in [6, 6.07) is 1.99. The Morgan fingerprint density at radius 2 is 1.95 bits per heavy atom. The van der Waals surface area contributed by atoms with E-state index in [2.05, 4.69) is 0 Å². The number of rotatable bonds is 2. The van der Waals surface area contributed by atoms with Gasteiger partial charge >= 0.3 is 12.1 Å². The van der Waals surface area contributed by atoms with Gasteiger partial charge in [0, 0.05) is 18.7 Å². The number of amides is 1. The fourth-order valence-corrected chi connectivity index (χ4v) is 2.20. The molecule has 1 amide bonds. The highest BCUT2D eigenvalue weighted by Gasteiger charge is 2.36. The van der Waals surface area contributed by atoms with Crippen molar-refractivity contribution < 1.29 is 32.3 Å². The molecule has 8 heteroatoms. The van der Waals surface area contributed by atoms with E-state index in [1.807, 2.05) is 0 Å². The van der Waals surface area contributed by atoms with Gasteiger partial charge in [0.15, 0.2) is 0 Å². The van der Waals surface area contributed by atoms with Gasteiger partial charge in [0.1, 0.15) is 5.82 Å². The molecule has 0 saturated carbocycles. The van der Waals surface area contributed by atoms with Crippen LogP contribution in [0, 0.1) is 11.7 Å². The van der Waals surface area contributed by atoms with Gasteiger partial charge in [-0.25, -0.2) is 4.39 Å². The Balaban J connectivity index is 2.23. The van der Waals surface area contributed by atoms with E-state index in [0.717, 1.165) is 11.0 Å². The number of hydrogen-bond acceptors (Lipinski definition) is 2. The van der Waals surface area contributed by atoms with Crippen LogP contribution in [0.1, 0.15) is 22.3 Å². The second-order valence-electron chi connectivity index (χ2n) is 4.77. The standard InChI is InChI=1S/C13H11F4NO3/c14-10-2-1-7(5-9(10)13(15,16)17)11(19)18-4-3-8(6-18)12(20)21/h1-2,5,8H,3-4,6H2,(H,20,21)/t8-/m1/s1. The number of carboxylic acid groups (broad SMARTS) is 1. The summed E-state index contributed by atoms with van der Waals surface area (Å²) in [5.74, 6) is -3.97. The molecule has 114 valence electrons. The maximum atomic E-state index is 13.2. The lowest BCUT2D eigenvalue weighted by Crippen LogP contribution is -2.30. The number of carbonyl (C=O) groups is 2. The van der Waals surface area contributed by atoms with Crippen LogP contribution in [0.4, 0.5) is 17.6 Å². The molecular weight excluding hydrogens is 294 g/mol. The van der Waals surface area contributed by atoms with Crippen LogP contribution in [0.15, 0.2) is 18.2 Å². The van der Waals surface area contributed by atoms with Crippen molar-refractivity contribution in [2.24, 2.45) is 5.92 Å². The number of carbonyl (C=O) groups excluding carboxylic acids is 1. The molecule has 21 heavy (non-hydrogen) atoms. The first-order valence-corrected chi connectivity index (χ1v) is 6.09. The van der Waals surface area contributed by atoms with Crippen molar-refractivity contribution in [3.8, 4) is 0 Å². The Morgan fingerprint density at radius 3 is 2.48 bits per heavy atom. The highest BCUT2D eigenvalue weighted by Crippen LogP contribution is 2.32. The van der Waals surface area contributed by atoms with Crippen molar-refractivity contribution in [3.05, 3.63) is 35.1 Å². The highest BCUT2D eigenvalue weighted by molar-refractivity contribution is 5.95. The predicted octanol–water partition coefficient (Wildman–Crippen LogP) is 2.39. The Kier molecular flexibility index (Phi) is 3.89. The molecule has 1 aromatic carbocycles. The number of carboxylic acids is 1. The number of halogens is 4. The Hall–Kier alpha value is -2.12. The Bertz CT molecular complexity index is 585. The first-order valence-electron chi connectivity index (χ1n) is 6.09. The molecule has 1 heterocycles. The molecule has 1 N–H and O–H groups in total. The molecular formula is C13H11F4NO3. The van der Waals surface area contributed by atoms with Gasteiger partial charge in [0.05, 0.1) is 11.5 Å². The SMILES string of the molecule is O=C(O)[C@@H]1CCN(C(=O)c2ccc(F)c(C(F)(F)F)c2)C1. The average molecular weight is 305 g/mol. The summed E-state index contributed by atoms with van der Waals surface area (Å²) < 4.78 is 50.9. The van der Waals surface area contributed by atoms with Crippen LogP contribution in [-0.2, 0) is 11.0 Å². The van der Waals surface area contributed by atoms with E-state index in [4.69, 9.17) is 5.11 Å². The summed E-state index contributed by atoms with van der Waals surface area (Å²) in [6.45, 7) is 0.0847. The quantitative estimate of drug-likeness (QED) is 0.854. The van der Waals surface area contributed by atoms with Gasteiger partial charge in [-0.3, -0.25) is 9.59 Å². The minimum absolute atomic E-state index is 0.0626. The third-order valence-electron chi connectivity index (χ3n) is 3.34. The van der Waals surface area contributed by atoms with Gasteiger partial charge < -0.3 is 10.0 Å². The number of hydrogen-bond donors (Lipinski definition) is 1. The molecule has 1 aliphatic heterocycles. The number of nitrogens with zero attached hydrogens (tertiary/aromatic N) is 1. The Morgan fingerprint density at radius 1 is 1.29 bits per heavy atom. The van der Waals surface area contributed by atoms with E-state index in [1.54, 1.807) is 0 Å². The summed E-state index contributed by atoms with van der Waals surface area (Å²) >= 11 is 0. The maximum Gasteiger partial charge on any atom is 0.419 e. The molecule has 0 bridgehead atoms. The molecule has 1 fully saturated rings. The van der Waals surface area contributed by atoms with Gasteiger partial charge in [-0.2, -0.15) is 13.2 Å². The molecule has 0 spiro atoms. The van der Waals surface area contributed by atoms with Crippen LogP contribution >= 0.6 is 0 Å². The molecule has 0 unspecified atom stereocenters. The fourth-order valence-electron chi connectivity index (χ4n) is 2.20. The third kappa shape index (κ3) is 3.14. The first-order chi connectivity index (χ1) is 9.70. The molecule has 0 aliphatic carbocycles. The van der Waals surface area contributed by atoms with Gasteiger partial charge in [-0.15, -0.1) is 0 Å². The van der Waals surface area contributed by atoms with Crippen molar-refractivity contribution in [3.63, 3.8) is 0 Å². The number of alkyl halides is 3. The van der Waals surface area contributed by atoms with Crippen molar-refractivity contribution >= 4 is 11.9 Å². The lowest BCUT2D eigenvalue weighted by atomic mass is 10.1. The monoisotopic (exact) mass is 305 g/mol. The van der Waals surface area contributed by atoms with Crippen LogP contribution in [0.25, 0.3) is 0 Å². The molecule has 1 aliphatic rings. The third-order valence-corrected chi connectivity index (χ3v) is 3.34. The van der Waals surface area contributed by atoms with Gasteiger partial charge in [-0.1, -0.05) is 0 Å². The van der Waals surface area contributed by atoms with E-state index >= 15 is 0 Å². The lowest BCUT2D eigenvalue weighted by Gasteiger charge is -2.17. The Labute approximate surface area is 117 Å². The minimum Gasteiger partial charge on any atom is -0.481 e. The number of benzene rings is 1. The van der Waals surface area contributed by atoms with Crippen molar-refractivity contribution in [1.29, 1.82) is 0 Å². The van der Waals surface area contributed by atoms with E-state index in [1.165, 1.54) is 0 Å². The number of likely N-dealkylation sites (tertiary alicyclic amines) is 1. The van der Waals surface area contributed by atoms with E-state index in [9.17, 15) is 27.2 Å². The van der Waals surface area contributed by atoms with Crippen molar-refractivity contribution in [2.45, 2.75) is 12.6 Å². The zero-order chi connectivity index (χ0) is 15.8. The topological polar surface area (TPSA) is 57.6 Å². The lowest BCUT2D eigenvalue weighted by molar-refractivity contribution is -0.141. The van der Waals surface area contributed by atoms with Crippen LogP contribution in [-0.4, -0.2) is 35.0 Å². The molecule has 0 radical (unpaired) electrons. The molecule has 1 atom stereocenters. The predicted molar refractivity (Wildman–Crippen MR) is 63.0 cm³/mol. The van der Waals surface area contributed by atoms with E-state index in [0.29, 0.717) is 12.1 Å². The first kappa shape index (κ1) is 15.3. The molecule has 2 rings (SSSR count). The molecule has 1 aromatic rings. The van der Waals surface area contributed by atoms with Gasteiger partial charge in [0.2, 0.25) is 0 Å². The second-order valence-corrected chi connectivity index (χ2v) is 4.77. The normalized spacial score (nSPS) is 18.9. The summed E-state index contributed by atoms with van der Waals surface area (Å²) in [6.07, 6.45) is -4.65. The average Bonchev–Trinajstić information content (AvgIpc) is 2.86. The summed E-state index contributed by atoms with van der Waals surface area (Å²) in [5.41, 5.74) is -1.82.